The number of fused-ring (bicyclic) bond motifs is 1. The van der Waals surface area contributed by atoms with Crippen molar-refractivity contribution >= 4 is 34.6 Å². The Bertz CT molecular complexity index is 917. The molecule has 2 aliphatic heterocycles. The Labute approximate surface area is 167 Å². The van der Waals surface area contributed by atoms with Crippen molar-refractivity contribution in [2.24, 2.45) is 0 Å². The van der Waals surface area contributed by atoms with Crippen LogP contribution in [0.4, 0.5) is 5.69 Å². The number of piperidine rings is 1. The number of benzene rings is 1. The number of hydrogen-bond acceptors (Lipinski definition) is 5. The lowest BCUT2D eigenvalue weighted by Crippen LogP contribution is -2.52. The van der Waals surface area contributed by atoms with E-state index >= 15 is 0 Å². The molecule has 2 aliphatic rings. The quantitative estimate of drug-likeness (QED) is 0.744. The number of ether oxygens (including phenoxy) is 1. The Morgan fingerprint density at radius 1 is 1.00 bits per heavy atom. The summed E-state index contributed by atoms with van der Waals surface area (Å²) >= 11 is 1.18. The largest absolute Gasteiger partial charge is 0.476 e. The maximum Gasteiger partial charge on any atom is 0.268 e. The van der Waals surface area contributed by atoms with Gasteiger partial charge in [-0.3, -0.25) is 19.3 Å². The summed E-state index contributed by atoms with van der Waals surface area (Å²) in [6.45, 7) is 3.12. The lowest BCUT2D eigenvalue weighted by molar-refractivity contribution is -0.139. The zero-order valence-corrected chi connectivity index (χ0v) is 16.5. The van der Waals surface area contributed by atoms with E-state index < -0.39 is 6.10 Å². The molecule has 1 aromatic heterocycles. The minimum Gasteiger partial charge on any atom is -0.476 e. The van der Waals surface area contributed by atoms with Gasteiger partial charge in [0.25, 0.3) is 11.8 Å². The van der Waals surface area contributed by atoms with Gasteiger partial charge in [-0.25, -0.2) is 0 Å². The lowest BCUT2D eigenvalue weighted by atomic mass is 10.1. The number of likely N-dealkylation sites (tertiary alicyclic amines) is 1. The number of nitrogens with zero attached hydrogens (tertiary/aromatic N) is 2. The fourth-order valence-corrected chi connectivity index (χ4v) is 4.50. The van der Waals surface area contributed by atoms with Gasteiger partial charge in [0.1, 0.15) is 5.75 Å². The number of anilines is 1. The third-order valence-corrected chi connectivity index (χ3v) is 6.30. The second-order valence-electron chi connectivity index (χ2n) is 7.10. The summed E-state index contributed by atoms with van der Waals surface area (Å²) in [5.41, 5.74) is 0.646. The molecule has 7 heteroatoms. The Hall–Kier alpha value is -2.67. The van der Waals surface area contributed by atoms with E-state index in [1.807, 2.05) is 23.1 Å². The van der Waals surface area contributed by atoms with Crippen molar-refractivity contribution in [1.82, 2.24) is 4.90 Å². The monoisotopic (exact) mass is 398 g/mol. The van der Waals surface area contributed by atoms with Crippen molar-refractivity contribution in [2.45, 2.75) is 32.3 Å². The summed E-state index contributed by atoms with van der Waals surface area (Å²) < 4.78 is 5.97. The average molecular weight is 398 g/mol. The Morgan fingerprint density at radius 2 is 1.71 bits per heavy atom. The van der Waals surface area contributed by atoms with Gasteiger partial charge < -0.3 is 9.64 Å². The van der Waals surface area contributed by atoms with Gasteiger partial charge in [-0.2, -0.15) is 0 Å². The summed E-state index contributed by atoms with van der Waals surface area (Å²) in [6.07, 6.45) is 2.42. The zero-order chi connectivity index (χ0) is 19.7. The van der Waals surface area contributed by atoms with Crippen LogP contribution >= 0.6 is 11.3 Å². The Morgan fingerprint density at radius 3 is 2.43 bits per heavy atom. The number of carbonyl (C=O) groups excluding carboxylic acids is 3. The topological polar surface area (TPSA) is 66.9 Å². The molecule has 1 aromatic carbocycles. The predicted molar refractivity (Wildman–Crippen MR) is 107 cm³/mol. The first kappa shape index (κ1) is 18.7. The molecule has 0 spiro atoms. The van der Waals surface area contributed by atoms with Crippen molar-refractivity contribution in [2.75, 3.05) is 24.5 Å². The van der Waals surface area contributed by atoms with Gasteiger partial charge in [-0.05, 0) is 50.5 Å². The average Bonchev–Trinajstić information content (AvgIpc) is 3.23. The second-order valence-corrected chi connectivity index (χ2v) is 8.18. The first-order valence-corrected chi connectivity index (χ1v) is 10.3. The van der Waals surface area contributed by atoms with Crippen LogP contribution in [0.3, 0.4) is 0 Å². The molecule has 6 nitrogen and oxygen atoms in total. The van der Waals surface area contributed by atoms with Crippen LogP contribution in [0.15, 0.2) is 36.4 Å². The molecule has 1 atom stereocenters. The number of amides is 2. The fraction of sp³-hybridized carbons (Fsp3) is 0.381. The van der Waals surface area contributed by atoms with Gasteiger partial charge in [-0.1, -0.05) is 12.1 Å². The number of para-hydroxylation sites is 2. The molecular formula is C21H22N2O4S. The number of thiophene rings is 1. The number of ketones is 1. The summed E-state index contributed by atoms with van der Waals surface area (Å²) in [4.78, 5) is 42.2. The van der Waals surface area contributed by atoms with E-state index in [0.29, 0.717) is 21.2 Å². The Kier molecular flexibility index (Phi) is 5.17. The maximum atomic E-state index is 13.2. The minimum atomic E-state index is -0.718. The molecule has 28 heavy (non-hydrogen) atoms. The van der Waals surface area contributed by atoms with Crippen LogP contribution < -0.4 is 9.64 Å². The normalized spacial score (nSPS) is 19.0. The van der Waals surface area contributed by atoms with E-state index in [2.05, 4.69) is 0 Å². The van der Waals surface area contributed by atoms with E-state index in [-0.39, 0.29) is 24.1 Å². The van der Waals surface area contributed by atoms with Crippen LogP contribution in [0.5, 0.6) is 5.75 Å². The number of carbonyl (C=O) groups is 3. The first-order valence-electron chi connectivity index (χ1n) is 9.51. The fourth-order valence-electron chi connectivity index (χ4n) is 3.65. The minimum absolute atomic E-state index is 0.0652. The highest BCUT2D eigenvalue weighted by Gasteiger charge is 2.36. The molecule has 0 saturated carbocycles. The van der Waals surface area contributed by atoms with E-state index in [9.17, 15) is 14.4 Å². The van der Waals surface area contributed by atoms with Gasteiger partial charge in [0.15, 0.2) is 11.9 Å². The van der Waals surface area contributed by atoms with E-state index in [1.54, 1.807) is 23.1 Å². The van der Waals surface area contributed by atoms with Gasteiger partial charge >= 0.3 is 0 Å². The molecule has 1 unspecified atom stereocenters. The standard InChI is InChI=1S/C21H22N2O4S/c1-14(24)18-9-10-19(28-18)21(26)23-13-17(20(25)22-11-5-2-6-12-22)27-16-8-4-3-7-15(16)23/h3-4,7-10,17H,2,5-6,11-13H2,1H3. The highest BCUT2D eigenvalue weighted by Crippen LogP contribution is 2.35. The van der Waals surface area contributed by atoms with Crippen LogP contribution in [0.25, 0.3) is 0 Å². The first-order chi connectivity index (χ1) is 13.5. The van der Waals surface area contributed by atoms with Gasteiger partial charge in [0, 0.05) is 13.1 Å². The van der Waals surface area contributed by atoms with Crippen molar-refractivity contribution in [1.29, 1.82) is 0 Å². The third-order valence-electron chi connectivity index (χ3n) is 5.13. The molecule has 2 aromatic rings. The molecule has 146 valence electrons. The van der Waals surface area contributed by atoms with Gasteiger partial charge in [0.05, 0.1) is 22.0 Å². The van der Waals surface area contributed by atoms with Crippen LogP contribution in [0, 0.1) is 0 Å². The summed E-state index contributed by atoms with van der Waals surface area (Å²) in [5.74, 6) is 0.178. The highest BCUT2D eigenvalue weighted by molar-refractivity contribution is 7.16. The van der Waals surface area contributed by atoms with Crippen molar-refractivity contribution < 1.29 is 19.1 Å². The maximum absolute atomic E-state index is 13.2. The lowest BCUT2D eigenvalue weighted by Gasteiger charge is -2.37. The van der Waals surface area contributed by atoms with E-state index in [1.165, 1.54) is 18.3 Å². The molecular weight excluding hydrogens is 376 g/mol. The number of rotatable bonds is 3. The molecule has 0 aliphatic carbocycles. The SMILES string of the molecule is CC(=O)c1ccc(C(=O)N2CC(C(=O)N3CCCCC3)Oc3ccccc32)s1. The van der Waals surface area contributed by atoms with E-state index in [0.717, 1.165) is 32.4 Å². The molecule has 1 saturated heterocycles. The van der Waals surface area contributed by atoms with Crippen molar-refractivity contribution in [3.05, 3.63) is 46.2 Å². The van der Waals surface area contributed by atoms with Crippen molar-refractivity contribution in [3.63, 3.8) is 0 Å². The smallest absolute Gasteiger partial charge is 0.268 e. The van der Waals surface area contributed by atoms with Gasteiger partial charge in [-0.15, -0.1) is 11.3 Å². The summed E-state index contributed by atoms with van der Waals surface area (Å²) in [6, 6.07) is 10.6. The van der Waals surface area contributed by atoms with Crippen molar-refractivity contribution in [3.8, 4) is 5.75 Å². The Balaban J connectivity index is 1.62. The highest BCUT2D eigenvalue weighted by atomic mass is 32.1. The van der Waals surface area contributed by atoms with Crippen LogP contribution in [0.1, 0.15) is 45.5 Å². The van der Waals surface area contributed by atoms with Crippen LogP contribution in [-0.2, 0) is 4.79 Å². The van der Waals surface area contributed by atoms with Crippen LogP contribution in [0.2, 0.25) is 0 Å². The molecule has 1 fully saturated rings. The second kappa shape index (κ2) is 7.75. The summed E-state index contributed by atoms with van der Waals surface area (Å²) in [5, 5.41) is 0. The molecule has 0 radical (unpaired) electrons. The molecule has 0 N–H and O–H groups in total. The number of hydrogen-bond donors (Lipinski definition) is 0. The van der Waals surface area contributed by atoms with E-state index in [4.69, 9.17) is 4.74 Å². The molecule has 4 rings (SSSR count). The van der Waals surface area contributed by atoms with Gasteiger partial charge in [0.2, 0.25) is 0 Å². The predicted octanol–water partition coefficient (Wildman–Crippen LogP) is 3.37. The third kappa shape index (κ3) is 3.54. The molecule has 0 bridgehead atoms. The zero-order valence-electron chi connectivity index (χ0n) is 15.7. The van der Waals surface area contributed by atoms with Crippen LogP contribution in [-0.4, -0.2) is 48.2 Å². The number of Topliss-reactive ketones (excluding diaryl/α,β-unsaturated/α-hetero) is 1. The summed E-state index contributed by atoms with van der Waals surface area (Å²) in [7, 11) is 0. The molecule has 2 amide bonds. The molecule has 3 heterocycles.